The summed E-state index contributed by atoms with van der Waals surface area (Å²) in [5, 5.41) is 10.6. The largest absolute Gasteiger partial charge is 0.270 e. The van der Waals surface area contributed by atoms with Gasteiger partial charge in [-0.2, -0.15) is 0 Å². The molecule has 0 aliphatic rings. The van der Waals surface area contributed by atoms with E-state index < -0.39 is 0 Å². The molecule has 1 heterocycles. The Balaban J connectivity index is 1.73. The maximum absolute atomic E-state index is 6.12. The molecule has 140 valence electrons. The molecule has 0 unspecified atom stereocenters. The number of rotatable bonds is 5. The zero-order valence-electron chi connectivity index (χ0n) is 15.8. The zero-order chi connectivity index (χ0) is 19.5. The monoisotopic (exact) mass is 405 g/mol. The molecule has 0 saturated heterocycles. The SMILES string of the molecule is Cc1ccc(-c2nnc(SCc3cccc(Cl)c3)n2-c2ccc(C)cc2)cc1. The molecule has 3 nitrogen and oxygen atoms in total. The van der Waals surface area contributed by atoms with Gasteiger partial charge < -0.3 is 0 Å². The van der Waals surface area contributed by atoms with E-state index in [4.69, 9.17) is 11.6 Å². The fourth-order valence-corrected chi connectivity index (χ4v) is 4.06. The fraction of sp³-hybridized carbons (Fsp3) is 0.130. The first kappa shape index (κ1) is 18.8. The van der Waals surface area contributed by atoms with E-state index in [9.17, 15) is 0 Å². The molecule has 0 aliphatic carbocycles. The Morgan fingerprint density at radius 1 is 0.857 bits per heavy atom. The number of aromatic nitrogens is 3. The van der Waals surface area contributed by atoms with Crippen LogP contribution in [0.1, 0.15) is 16.7 Å². The minimum atomic E-state index is 0.749. The van der Waals surface area contributed by atoms with E-state index in [0.29, 0.717) is 0 Å². The zero-order valence-corrected chi connectivity index (χ0v) is 17.3. The first-order valence-corrected chi connectivity index (χ1v) is 10.4. The molecule has 4 rings (SSSR count). The highest BCUT2D eigenvalue weighted by Crippen LogP contribution is 2.30. The second-order valence-corrected chi connectivity index (χ2v) is 8.14. The van der Waals surface area contributed by atoms with Crippen LogP contribution in [-0.4, -0.2) is 14.8 Å². The van der Waals surface area contributed by atoms with Crippen LogP contribution in [0.15, 0.2) is 78.0 Å². The van der Waals surface area contributed by atoms with Crippen LogP contribution >= 0.6 is 23.4 Å². The van der Waals surface area contributed by atoms with Crippen molar-refractivity contribution in [2.24, 2.45) is 0 Å². The summed E-state index contributed by atoms with van der Waals surface area (Å²) in [6.45, 7) is 4.17. The first-order valence-electron chi connectivity index (χ1n) is 9.07. The van der Waals surface area contributed by atoms with Crippen molar-refractivity contribution in [2.45, 2.75) is 24.8 Å². The Bertz CT molecular complexity index is 1090. The molecule has 0 aliphatic heterocycles. The summed E-state index contributed by atoms with van der Waals surface area (Å²) in [7, 11) is 0. The van der Waals surface area contributed by atoms with E-state index in [2.05, 4.69) is 83.2 Å². The molecule has 0 N–H and O–H groups in total. The van der Waals surface area contributed by atoms with Gasteiger partial charge in [0, 0.05) is 22.0 Å². The molecule has 0 spiro atoms. The van der Waals surface area contributed by atoms with E-state index in [1.165, 1.54) is 11.1 Å². The molecule has 1 aromatic heterocycles. The van der Waals surface area contributed by atoms with Crippen LogP contribution in [0.5, 0.6) is 0 Å². The maximum atomic E-state index is 6.12. The number of hydrogen-bond acceptors (Lipinski definition) is 3. The van der Waals surface area contributed by atoms with Gasteiger partial charge in [0.2, 0.25) is 0 Å². The number of thioether (sulfide) groups is 1. The summed E-state index contributed by atoms with van der Waals surface area (Å²) in [6.07, 6.45) is 0. The summed E-state index contributed by atoms with van der Waals surface area (Å²) in [4.78, 5) is 0. The fourth-order valence-electron chi connectivity index (χ4n) is 2.95. The van der Waals surface area contributed by atoms with Crippen molar-refractivity contribution >= 4 is 23.4 Å². The van der Waals surface area contributed by atoms with Crippen LogP contribution < -0.4 is 0 Å². The lowest BCUT2D eigenvalue weighted by atomic mass is 10.1. The van der Waals surface area contributed by atoms with Gasteiger partial charge in [-0.05, 0) is 43.7 Å². The minimum Gasteiger partial charge on any atom is -0.270 e. The van der Waals surface area contributed by atoms with Gasteiger partial charge in [-0.1, -0.05) is 83.0 Å². The van der Waals surface area contributed by atoms with Crippen molar-refractivity contribution < 1.29 is 0 Å². The molecule has 0 atom stereocenters. The van der Waals surface area contributed by atoms with Crippen molar-refractivity contribution in [3.63, 3.8) is 0 Å². The number of benzene rings is 3. The molecule has 0 fully saturated rings. The molecule has 28 heavy (non-hydrogen) atoms. The highest BCUT2D eigenvalue weighted by Gasteiger charge is 2.16. The number of halogens is 1. The lowest BCUT2D eigenvalue weighted by Gasteiger charge is -2.11. The van der Waals surface area contributed by atoms with E-state index in [1.807, 2.05) is 18.2 Å². The van der Waals surface area contributed by atoms with Crippen molar-refractivity contribution in [3.05, 3.63) is 94.5 Å². The van der Waals surface area contributed by atoms with Crippen LogP contribution in [0.2, 0.25) is 5.02 Å². The summed E-state index contributed by atoms with van der Waals surface area (Å²) >= 11 is 7.78. The van der Waals surface area contributed by atoms with Crippen molar-refractivity contribution in [1.82, 2.24) is 14.8 Å². The lowest BCUT2D eigenvalue weighted by molar-refractivity contribution is 0.885. The predicted molar refractivity (Wildman–Crippen MR) is 117 cm³/mol. The Morgan fingerprint density at radius 2 is 1.54 bits per heavy atom. The van der Waals surface area contributed by atoms with Crippen molar-refractivity contribution in [3.8, 4) is 17.1 Å². The Morgan fingerprint density at radius 3 is 2.21 bits per heavy atom. The van der Waals surface area contributed by atoms with Gasteiger partial charge in [0.15, 0.2) is 11.0 Å². The molecular weight excluding hydrogens is 386 g/mol. The maximum Gasteiger partial charge on any atom is 0.196 e. The normalized spacial score (nSPS) is 11.0. The Hall–Kier alpha value is -2.56. The van der Waals surface area contributed by atoms with Gasteiger partial charge in [-0.15, -0.1) is 10.2 Å². The standard InChI is InChI=1S/C23H20ClN3S/c1-16-6-10-19(11-7-16)22-25-26-23(27(22)21-12-8-17(2)9-13-21)28-15-18-4-3-5-20(24)14-18/h3-14H,15H2,1-2H3. The third-order valence-electron chi connectivity index (χ3n) is 4.49. The first-order chi connectivity index (χ1) is 13.6. The van der Waals surface area contributed by atoms with Gasteiger partial charge in [0.05, 0.1) is 0 Å². The molecule has 0 amide bonds. The average molecular weight is 406 g/mol. The lowest BCUT2D eigenvalue weighted by Crippen LogP contribution is -2.00. The number of nitrogens with zero attached hydrogens (tertiary/aromatic N) is 3. The summed E-state index contributed by atoms with van der Waals surface area (Å²) < 4.78 is 2.12. The molecule has 3 aromatic carbocycles. The minimum absolute atomic E-state index is 0.749. The summed E-state index contributed by atoms with van der Waals surface area (Å²) in [6, 6.07) is 24.8. The molecule has 4 aromatic rings. The van der Waals surface area contributed by atoms with Gasteiger partial charge in [0.1, 0.15) is 0 Å². The van der Waals surface area contributed by atoms with Crippen LogP contribution in [-0.2, 0) is 5.75 Å². The Kier molecular flexibility index (Phi) is 5.51. The van der Waals surface area contributed by atoms with Crippen molar-refractivity contribution in [1.29, 1.82) is 0 Å². The van der Waals surface area contributed by atoms with Gasteiger partial charge in [-0.25, -0.2) is 0 Å². The van der Waals surface area contributed by atoms with E-state index in [0.717, 1.165) is 38.6 Å². The molecule has 0 radical (unpaired) electrons. The summed E-state index contributed by atoms with van der Waals surface area (Å²) in [5.41, 5.74) is 5.71. The molecule has 0 saturated carbocycles. The summed E-state index contributed by atoms with van der Waals surface area (Å²) in [5.74, 6) is 1.62. The van der Waals surface area contributed by atoms with Crippen molar-refractivity contribution in [2.75, 3.05) is 0 Å². The predicted octanol–water partition coefficient (Wildman–Crippen LogP) is 6.50. The average Bonchev–Trinajstić information content (AvgIpc) is 3.11. The van der Waals surface area contributed by atoms with Gasteiger partial charge in [-0.3, -0.25) is 4.57 Å². The smallest absolute Gasteiger partial charge is 0.196 e. The van der Waals surface area contributed by atoms with Gasteiger partial charge >= 0.3 is 0 Å². The van der Waals surface area contributed by atoms with E-state index in [1.54, 1.807) is 11.8 Å². The van der Waals surface area contributed by atoms with Gasteiger partial charge in [0.25, 0.3) is 0 Å². The molecule has 5 heteroatoms. The van der Waals surface area contributed by atoms with E-state index >= 15 is 0 Å². The molecule has 0 bridgehead atoms. The number of hydrogen-bond donors (Lipinski definition) is 0. The highest BCUT2D eigenvalue weighted by atomic mass is 35.5. The quantitative estimate of drug-likeness (QED) is 0.355. The second kappa shape index (κ2) is 8.21. The van der Waals surface area contributed by atoms with Crippen LogP contribution in [0.25, 0.3) is 17.1 Å². The Labute approximate surface area is 174 Å². The van der Waals surface area contributed by atoms with E-state index in [-0.39, 0.29) is 0 Å². The third kappa shape index (κ3) is 4.13. The van der Waals surface area contributed by atoms with Crippen LogP contribution in [0.3, 0.4) is 0 Å². The third-order valence-corrected chi connectivity index (χ3v) is 5.73. The van der Waals surface area contributed by atoms with Crippen LogP contribution in [0.4, 0.5) is 0 Å². The highest BCUT2D eigenvalue weighted by molar-refractivity contribution is 7.98. The topological polar surface area (TPSA) is 30.7 Å². The molecular formula is C23H20ClN3S. The second-order valence-electron chi connectivity index (χ2n) is 6.76. The van der Waals surface area contributed by atoms with Crippen LogP contribution in [0, 0.1) is 13.8 Å². The number of aryl methyl sites for hydroxylation is 2.